The van der Waals surface area contributed by atoms with Crippen LogP contribution < -0.4 is 5.32 Å². The molecule has 0 saturated carbocycles. The number of ether oxygens (including phenoxy) is 2. The lowest BCUT2D eigenvalue weighted by atomic mass is 9.95. The first-order valence-electron chi connectivity index (χ1n) is 7.84. The zero-order chi connectivity index (χ0) is 14.7. The zero-order valence-electron chi connectivity index (χ0n) is 12.5. The fourth-order valence-corrected chi connectivity index (χ4v) is 3.20. The maximum atomic E-state index is 12.1. The number of amides is 1. The first-order chi connectivity index (χ1) is 10.2. The Kier molecular flexibility index (Phi) is 4.56. The fraction of sp³-hybridized carbons (Fsp3) is 0.588. The Labute approximate surface area is 125 Å². The summed E-state index contributed by atoms with van der Waals surface area (Å²) >= 11 is 0. The molecule has 2 fully saturated rings. The van der Waals surface area contributed by atoms with Gasteiger partial charge in [-0.15, -0.1) is 0 Å². The minimum absolute atomic E-state index is 0.0260. The average molecular weight is 289 g/mol. The van der Waals surface area contributed by atoms with Gasteiger partial charge < -0.3 is 14.8 Å². The topological polar surface area (TPSA) is 47.6 Å². The van der Waals surface area contributed by atoms with E-state index in [2.05, 4.69) is 17.4 Å². The molecule has 1 aromatic rings. The van der Waals surface area contributed by atoms with Gasteiger partial charge in [0.05, 0.1) is 12.2 Å². The van der Waals surface area contributed by atoms with Gasteiger partial charge in [0.25, 0.3) is 0 Å². The van der Waals surface area contributed by atoms with Crippen molar-refractivity contribution in [3.05, 3.63) is 35.9 Å². The Hall–Kier alpha value is -1.39. The SMILES string of the molecule is C[C@@H]1CC[C@H](C(=O)NC[C@H]2CCO[C@@H]2c2ccccc2)O1. The van der Waals surface area contributed by atoms with E-state index in [0.29, 0.717) is 12.5 Å². The van der Waals surface area contributed by atoms with Crippen molar-refractivity contribution >= 4 is 5.91 Å². The minimum atomic E-state index is -0.266. The van der Waals surface area contributed by atoms with Gasteiger partial charge in [-0.2, -0.15) is 0 Å². The van der Waals surface area contributed by atoms with E-state index in [1.54, 1.807) is 0 Å². The molecule has 2 saturated heterocycles. The minimum Gasteiger partial charge on any atom is -0.373 e. The van der Waals surface area contributed by atoms with Crippen molar-refractivity contribution in [2.75, 3.05) is 13.2 Å². The standard InChI is InChI=1S/C17H23NO3/c1-12-7-8-15(21-12)17(19)18-11-14-9-10-20-16(14)13-5-3-2-4-6-13/h2-6,12,14-16H,7-11H2,1H3,(H,18,19)/t12-,14-,15-,16-/m1/s1. The summed E-state index contributed by atoms with van der Waals surface area (Å²) < 4.78 is 11.5. The van der Waals surface area contributed by atoms with Crippen LogP contribution in [0.25, 0.3) is 0 Å². The Morgan fingerprint density at radius 1 is 1.24 bits per heavy atom. The first-order valence-corrected chi connectivity index (χ1v) is 7.84. The maximum absolute atomic E-state index is 12.1. The zero-order valence-corrected chi connectivity index (χ0v) is 12.5. The van der Waals surface area contributed by atoms with E-state index in [1.165, 1.54) is 5.56 Å². The van der Waals surface area contributed by atoms with Crippen molar-refractivity contribution in [2.45, 2.75) is 44.5 Å². The van der Waals surface area contributed by atoms with Crippen LogP contribution in [0, 0.1) is 5.92 Å². The number of rotatable bonds is 4. The van der Waals surface area contributed by atoms with Gasteiger partial charge in [0.15, 0.2) is 0 Å². The lowest BCUT2D eigenvalue weighted by Crippen LogP contribution is -2.38. The number of carbonyl (C=O) groups excluding carboxylic acids is 1. The van der Waals surface area contributed by atoms with E-state index in [-0.39, 0.29) is 24.2 Å². The summed E-state index contributed by atoms with van der Waals surface area (Å²) in [4.78, 5) is 12.1. The molecule has 2 aliphatic heterocycles. The Morgan fingerprint density at radius 2 is 2.05 bits per heavy atom. The highest BCUT2D eigenvalue weighted by Crippen LogP contribution is 2.34. The van der Waals surface area contributed by atoms with Gasteiger partial charge in [0.1, 0.15) is 6.10 Å². The summed E-state index contributed by atoms with van der Waals surface area (Å²) in [6, 6.07) is 10.2. The molecule has 1 aromatic carbocycles. The summed E-state index contributed by atoms with van der Waals surface area (Å²) in [6.45, 7) is 3.44. The van der Waals surface area contributed by atoms with Crippen LogP contribution in [0.15, 0.2) is 30.3 Å². The van der Waals surface area contributed by atoms with Crippen molar-refractivity contribution in [1.29, 1.82) is 0 Å². The van der Waals surface area contributed by atoms with Gasteiger partial charge in [-0.05, 0) is 31.7 Å². The van der Waals surface area contributed by atoms with Gasteiger partial charge in [0, 0.05) is 19.1 Å². The van der Waals surface area contributed by atoms with Crippen LogP contribution in [-0.2, 0) is 14.3 Å². The van der Waals surface area contributed by atoms with Crippen molar-refractivity contribution in [3.8, 4) is 0 Å². The Bertz CT molecular complexity index is 476. The van der Waals surface area contributed by atoms with Crippen LogP contribution in [0.3, 0.4) is 0 Å². The molecule has 0 aliphatic carbocycles. The molecule has 2 heterocycles. The molecule has 2 aliphatic rings. The van der Waals surface area contributed by atoms with Crippen molar-refractivity contribution in [2.24, 2.45) is 5.92 Å². The highest BCUT2D eigenvalue weighted by Gasteiger charge is 2.32. The molecule has 4 nitrogen and oxygen atoms in total. The second kappa shape index (κ2) is 6.58. The van der Waals surface area contributed by atoms with Gasteiger partial charge in [-0.25, -0.2) is 0 Å². The third-order valence-corrected chi connectivity index (χ3v) is 4.41. The number of carbonyl (C=O) groups is 1. The molecule has 3 rings (SSSR count). The molecular formula is C17H23NO3. The van der Waals surface area contributed by atoms with E-state index in [1.807, 2.05) is 25.1 Å². The van der Waals surface area contributed by atoms with E-state index in [9.17, 15) is 4.79 Å². The molecule has 4 atom stereocenters. The van der Waals surface area contributed by atoms with Crippen molar-refractivity contribution < 1.29 is 14.3 Å². The number of hydrogen-bond donors (Lipinski definition) is 1. The van der Waals surface area contributed by atoms with Gasteiger partial charge in [-0.3, -0.25) is 4.79 Å². The van der Waals surface area contributed by atoms with E-state index in [4.69, 9.17) is 9.47 Å². The molecule has 21 heavy (non-hydrogen) atoms. The normalized spacial score (nSPS) is 32.2. The van der Waals surface area contributed by atoms with Crippen LogP contribution in [0.5, 0.6) is 0 Å². The van der Waals surface area contributed by atoms with E-state index in [0.717, 1.165) is 25.9 Å². The monoisotopic (exact) mass is 289 g/mol. The first kappa shape index (κ1) is 14.5. The molecule has 0 unspecified atom stereocenters. The van der Waals surface area contributed by atoms with E-state index >= 15 is 0 Å². The highest BCUT2D eigenvalue weighted by atomic mass is 16.5. The van der Waals surface area contributed by atoms with Crippen molar-refractivity contribution in [3.63, 3.8) is 0 Å². The quantitative estimate of drug-likeness (QED) is 0.926. The fourth-order valence-electron chi connectivity index (χ4n) is 3.20. The summed E-state index contributed by atoms with van der Waals surface area (Å²) in [7, 11) is 0. The summed E-state index contributed by atoms with van der Waals surface area (Å²) in [6.07, 6.45) is 2.81. The molecule has 1 N–H and O–H groups in total. The maximum Gasteiger partial charge on any atom is 0.249 e. The van der Waals surface area contributed by atoms with Crippen LogP contribution in [0.4, 0.5) is 0 Å². The third-order valence-electron chi connectivity index (χ3n) is 4.41. The number of benzene rings is 1. The van der Waals surface area contributed by atoms with Crippen LogP contribution >= 0.6 is 0 Å². The molecule has 0 spiro atoms. The third kappa shape index (κ3) is 3.44. The highest BCUT2D eigenvalue weighted by molar-refractivity contribution is 5.81. The second-order valence-electron chi connectivity index (χ2n) is 6.01. The largest absolute Gasteiger partial charge is 0.373 e. The predicted octanol–water partition coefficient (Wildman–Crippen LogP) is 2.45. The second-order valence-corrected chi connectivity index (χ2v) is 6.01. The number of hydrogen-bond acceptors (Lipinski definition) is 3. The van der Waals surface area contributed by atoms with Crippen molar-refractivity contribution in [1.82, 2.24) is 5.32 Å². The predicted molar refractivity (Wildman–Crippen MR) is 79.8 cm³/mol. The molecule has 0 radical (unpaired) electrons. The van der Waals surface area contributed by atoms with Crippen LogP contribution in [0.2, 0.25) is 0 Å². The summed E-state index contributed by atoms with van der Waals surface area (Å²) in [5.41, 5.74) is 1.19. The van der Waals surface area contributed by atoms with Crippen LogP contribution in [0.1, 0.15) is 37.9 Å². The molecule has 0 aromatic heterocycles. The molecule has 114 valence electrons. The van der Waals surface area contributed by atoms with Gasteiger partial charge in [-0.1, -0.05) is 30.3 Å². The van der Waals surface area contributed by atoms with E-state index < -0.39 is 0 Å². The van der Waals surface area contributed by atoms with Crippen LogP contribution in [-0.4, -0.2) is 31.3 Å². The molecular weight excluding hydrogens is 266 g/mol. The molecule has 4 heteroatoms. The molecule has 0 bridgehead atoms. The average Bonchev–Trinajstić information content (AvgIpc) is 3.14. The Morgan fingerprint density at radius 3 is 2.76 bits per heavy atom. The van der Waals surface area contributed by atoms with Gasteiger partial charge >= 0.3 is 0 Å². The lowest BCUT2D eigenvalue weighted by molar-refractivity contribution is -0.132. The summed E-state index contributed by atoms with van der Waals surface area (Å²) in [5, 5.41) is 3.04. The smallest absolute Gasteiger partial charge is 0.249 e. The number of nitrogens with one attached hydrogen (secondary N) is 1. The molecule has 1 amide bonds. The summed E-state index contributed by atoms with van der Waals surface area (Å²) in [5.74, 6) is 0.369. The van der Waals surface area contributed by atoms with Gasteiger partial charge in [0.2, 0.25) is 5.91 Å². The lowest BCUT2D eigenvalue weighted by Gasteiger charge is -2.20. The Balaban J connectivity index is 1.53.